The van der Waals surface area contributed by atoms with E-state index in [1.54, 1.807) is 17.1 Å². The Kier molecular flexibility index (Phi) is 4.31. The van der Waals surface area contributed by atoms with Crippen LogP contribution in [0.15, 0.2) is 24.0 Å². The van der Waals surface area contributed by atoms with Crippen LogP contribution in [0.3, 0.4) is 0 Å². The van der Waals surface area contributed by atoms with Crippen molar-refractivity contribution in [3.63, 3.8) is 0 Å². The van der Waals surface area contributed by atoms with Gasteiger partial charge in [0.05, 0.1) is 30.6 Å². The van der Waals surface area contributed by atoms with Crippen LogP contribution in [0, 0.1) is 0 Å². The molecule has 0 aromatic carbocycles. The maximum Gasteiger partial charge on any atom is 0.238 e. The summed E-state index contributed by atoms with van der Waals surface area (Å²) in [6.07, 6.45) is 8.72. The van der Waals surface area contributed by atoms with Crippen molar-refractivity contribution in [2.24, 2.45) is 7.05 Å². The second-order valence-electron chi connectivity index (χ2n) is 6.38. The Hall–Kier alpha value is -1.66. The van der Waals surface area contributed by atoms with Crippen molar-refractivity contribution in [2.45, 2.75) is 31.8 Å². The van der Waals surface area contributed by atoms with Crippen molar-refractivity contribution in [3.05, 3.63) is 24.0 Å². The highest BCUT2D eigenvalue weighted by molar-refractivity contribution is 5.91. The molecule has 0 atom stereocenters. The molecule has 1 spiro atoms. The number of amides is 1. The Morgan fingerprint density at radius 3 is 2.86 bits per heavy atom. The van der Waals surface area contributed by atoms with Crippen LogP contribution < -0.4 is 5.32 Å². The maximum absolute atomic E-state index is 12.1. The molecule has 1 amide bonds. The summed E-state index contributed by atoms with van der Waals surface area (Å²) in [5.74, 6) is 0.0141. The number of nitrogens with zero attached hydrogens (tertiary/aromatic N) is 3. The summed E-state index contributed by atoms with van der Waals surface area (Å²) in [5.41, 5.74) is 2.09. The predicted molar refractivity (Wildman–Crippen MR) is 84.6 cm³/mol. The molecular formula is C16H24N4O2. The molecule has 1 fully saturated rings. The number of aryl methyl sites for hydroxylation is 1. The third-order valence-electron chi connectivity index (χ3n) is 4.45. The highest BCUT2D eigenvalue weighted by atomic mass is 16.5. The molecule has 120 valence electrons. The lowest BCUT2D eigenvalue weighted by molar-refractivity contribution is -0.119. The van der Waals surface area contributed by atoms with Gasteiger partial charge < -0.3 is 10.1 Å². The minimum atomic E-state index is -0.0847. The van der Waals surface area contributed by atoms with Crippen LogP contribution in [0.25, 0.3) is 0 Å². The number of carbonyl (C=O) groups is 1. The smallest absolute Gasteiger partial charge is 0.238 e. The van der Waals surface area contributed by atoms with Gasteiger partial charge in [0.25, 0.3) is 0 Å². The monoisotopic (exact) mass is 304 g/mol. The molecule has 0 aliphatic carbocycles. The summed E-state index contributed by atoms with van der Waals surface area (Å²) in [7, 11) is 1.83. The van der Waals surface area contributed by atoms with Gasteiger partial charge in [-0.2, -0.15) is 5.10 Å². The van der Waals surface area contributed by atoms with Gasteiger partial charge in [0.2, 0.25) is 5.91 Å². The largest absolute Gasteiger partial charge is 0.370 e. The fourth-order valence-corrected chi connectivity index (χ4v) is 3.25. The molecule has 6 nitrogen and oxygen atoms in total. The summed E-state index contributed by atoms with van der Waals surface area (Å²) >= 11 is 0. The molecule has 1 aromatic heterocycles. The minimum absolute atomic E-state index is 0.0141. The number of likely N-dealkylation sites (tertiary alicyclic amines) is 1. The molecule has 1 aromatic rings. The Morgan fingerprint density at radius 1 is 1.45 bits per heavy atom. The number of anilines is 1. The number of ether oxygens (including phenoxy) is 1. The van der Waals surface area contributed by atoms with Crippen molar-refractivity contribution in [1.82, 2.24) is 14.7 Å². The highest BCUT2D eigenvalue weighted by Gasteiger charge is 2.35. The SMILES string of the molecule is CC1=CC2(CCN(CC(=O)Nc3cnn(C)c3)CC2)OCC1. The van der Waals surface area contributed by atoms with Crippen LogP contribution in [0.4, 0.5) is 5.69 Å². The van der Waals surface area contributed by atoms with Crippen LogP contribution >= 0.6 is 0 Å². The molecule has 0 saturated carbocycles. The van der Waals surface area contributed by atoms with Gasteiger partial charge >= 0.3 is 0 Å². The molecule has 0 radical (unpaired) electrons. The molecule has 1 N–H and O–H groups in total. The number of rotatable bonds is 3. The van der Waals surface area contributed by atoms with E-state index in [2.05, 4.69) is 28.3 Å². The molecule has 6 heteroatoms. The van der Waals surface area contributed by atoms with Gasteiger partial charge in [0, 0.05) is 26.3 Å². The van der Waals surface area contributed by atoms with Crippen LogP contribution in [0.2, 0.25) is 0 Å². The summed E-state index contributed by atoms with van der Waals surface area (Å²) < 4.78 is 7.69. The first kappa shape index (κ1) is 15.2. The number of hydrogen-bond donors (Lipinski definition) is 1. The predicted octanol–water partition coefficient (Wildman–Crippen LogP) is 1.56. The van der Waals surface area contributed by atoms with Gasteiger partial charge in [0.15, 0.2) is 0 Å². The van der Waals surface area contributed by atoms with Crippen molar-refractivity contribution in [1.29, 1.82) is 0 Å². The standard InChI is InChI=1S/C16H24N4O2/c1-13-3-8-22-16(9-13)4-6-20(7-5-16)12-15(21)18-14-10-17-19(2)11-14/h9-11H,3-8,12H2,1-2H3,(H,18,21). The van der Waals surface area contributed by atoms with Gasteiger partial charge in [-0.3, -0.25) is 14.4 Å². The summed E-state index contributed by atoms with van der Waals surface area (Å²) in [4.78, 5) is 14.3. The quantitative estimate of drug-likeness (QED) is 0.861. The van der Waals surface area contributed by atoms with Gasteiger partial charge in [-0.1, -0.05) is 11.6 Å². The Balaban J connectivity index is 1.49. The zero-order chi connectivity index (χ0) is 15.6. The van der Waals surface area contributed by atoms with Crippen molar-refractivity contribution < 1.29 is 9.53 Å². The number of hydrogen-bond acceptors (Lipinski definition) is 4. The van der Waals surface area contributed by atoms with E-state index in [-0.39, 0.29) is 11.5 Å². The molecular weight excluding hydrogens is 280 g/mol. The topological polar surface area (TPSA) is 59.4 Å². The number of aromatic nitrogens is 2. The van der Waals surface area contributed by atoms with Crippen molar-refractivity contribution in [3.8, 4) is 0 Å². The lowest BCUT2D eigenvalue weighted by atomic mass is 9.87. The fraction of sp³-hybridized carbons (Fsp3) is 0.625. The van der Waals surface area contributed by atoms with E-state index in [0.717, 1.165) is 44.6 Å². The molecule has 2 aliphatic rings. The molecule has 1 saturated heterocycles. The summed E-state index contributed by atoms with van der Waals surface area (Å²) in [6, 6.07) is 0. The number of piperidine rings is 1. The second kappa shape index (κ2) is 6.22. The summed E-state index contributed by atoms with van der Waals surface area (Å²) in [5, 5.41) is 6.93. The van der Waals surface area contributed by atoms with Crippen molar-refractivity contribution in [2.75, 3.05) is 31.6 Å². The highest BCUT2D eigenvalue weighted by Crippen LogP contribution is 2.32. The first-order valence-electron chi connectivity index (χ1n) is 7.88. The second-order valence-corrected chi connectivity index (χ2v) is 6.38. The zero-order valence-corrected chi connectivity index (χ0v) is 13.3. The molecule has 3 rings (SSSR count). The Bertz CT molecular complexity index is 570. The number of carbonyl (C=O) groups excluding carboxylic acids is 1. The van der Waals surface area contributed by atoms with Gasteiger partial charge in [-0.15, -0.1) is 0 Å². The van der Waals surface area contributed by atoms with Gasteiger partial charge in [-0.25, -0.2) is 0 Å². The van der Waals surface area contributed by atoms with E-state index in [9.17, 15) is 4.79 Å². The van der Waals surface area contributed by atoms with E-state index in [1.807, 2.05) is 7.05 Å². The normalized spacial score (nSPS) is 21.6. The van der Waals surface area contributed by atoms with Gasteiger partial charge in [0.1, 0.15) is 0 Å². The lowest BCUT2D eigenvalue weighted by Gasteiger charge is -2.42. The number of nitrogens with one attached hydrogen (secondary N) is 1. The van der Waals surface area contributed by atoms with E-state index >= 15 is 0 Å². The average Bonchev–Trinajstić information content (AvgIpc) is 2.87. The molecule has 22 heavy (non-hydrogen) atoms. The summed E-state index contributed by atoms with van der Waals surface area (Å²) in [6.45, 7) is 5.21. The van der Waals surface area contributed by atoms with Crippen LogP contribution in [-0.4, -0.2) is 52.4 Å². The van der Waals surface area contributed by atoms with Crippen molar-refractivity contribution >= 4 is 11.6 Å². The Morgan fingerprint density at radius 2 is 2.23 bits per heavy atom. The van der Waals surface area contributed by atoms with Gasteiger partial charge in [-0.05, 0) is 26.2 Å². The fourth-order valence-electron chi connectivity index (χ4n) is 3.25. The van der Waals surface area contributed by atoms with E-state index < -0.39 is 0 Å². The molecule has 0 unspecified atom stereocenters. The first-order chi connectivity index (χ1) is 10.5. The van der Waals surface area contributed by atoms with E-state index in [0.29, 0.717) is 6.54 Å². The molecule has 0 bridgehead atoms. The third-order valence-corrected chi connectivity index (χ3v) is 4.45. The van der Waals surface area contributed by atoms with Crippen LogP contribution in [-0.2, 0) is 16.6 Å². The minimum Gasteiger partial charge on any atom is -0.370 e. The zero-order valence-electron chi connectivity index (χ0n) is 13.3. The molecule has 2 aliphatic heterocycles. The average molecular weight is 304 g/mol. The third kappa shape index (κ3) is 3.56. The van der Waals surface area contributed by atoms with Crippen LogP contribution in [0.1, 0.15) is 26.2 Å². The first-order valence-corrected chi connectivity index (χ1v) is 7.88. The lowest BCUT2D eigenvalue weighted by Crippen LogP contribution is -2.48. The van der Waals surface area contributed by atoms with Crippen LogP contribution in [0.5, 0.6) is 0 Å². The van der Waals surface area contributed by atoms with E-state index in [1.165, 1.54) is 5.57 Å². The maximum atomic E-state index is 12.1. The molecule has 3 heterocycles. The Labute approximate surface area is 131 Å². The van der Waals surface area contributed by atoms with E-state index in [4.69, 9.17) is 4.74 Å².